The molecule has 1 aromatic carbocycles. The SMILES string of the molecule is CNC1CCN(S(=O)(=O)c2cc(F)ccc2OCCOC)CC1.Cl. The first-order valence-corrected chi connectivity index (χ1v) is 9.01. The Morgan fingerprint density at radius 2 is 1.96 bits per heavy atom. The second kappa shape index (κ2) is 9.53. The highest BCUT2D eigenvalue weighted by Gasteiger charge is 2.31. The maximum Gasteiger partial charge on any atom is 0.246 e. The van der Waals surface area contributed by atoms with Crippen molar-refractivity contribution in [2.24, 2.45) is 0 Å². The van der Waals surface area contributed by atoms with Gasteiger partial charge in [0.05, 0.1) is 6.61 Å². The summed E-state index contributed by atoms with van der Waals surface area (Å²) in [5, 5.41) is 3.15. The van der Waals surface area contributed by atoms with E-state index in [9.17, 15) is 12.8 Å². The zero-order valence-corrected chi connectivity index (χ0v) is 15.5. The van der Waals surface area contributed by atoms with Gasteiger partial charge in [-0.3, -0.25) is 0 Å². The zero-order valence-electron chi connectivity index (χ0n) is 13.8. The highest BCUT2D eigenvalue weighted by Crippen LogP contribution is 2.29. The summed E-state index contributed by atoms with van der Waals surface area (Å²) in [6.45, 7) is 1.33. The molecule has 0 saturated carbocycles. The first-order chi connectivity index (χ1) is 11.0. The van der Waals surface area contributed by atoms with E-state index in [0.717, 1.165) is 18.9 Å². The number of ether oxygens (including phenoxy) is 2. The number of hydrogen-bond donors (Lipinski definition) is 1. The fourth-order valence-electron chi connectivity index (χ4n) is 2.56. The Hall–Kier alpha value is -0.930. The second-order valence-corrected chi connectivity index (χ2v) is 7.31. The molecular weight excluding hydrogens is 359 g/mol. The number of nitrogens with zero attached hydrogens (tertiary/aromatic N) is 1. The number of hydrogen-bond acceptors (Lipinski definition) is 5. The van der Waals surface area contributed by atoms with Crippen LogP contribution in [0.1, 0.15) is 12.8 Å². The van der Waals surface area contributed by atoms with Crippen molar-refractivity contribution in [3.63, 3.8) is 0 Å². The summed E-state index contributed by atoms with van der Waals surface area (Å²) in [5.74, 6) is -0.452. The van der Waals surface area contributed by atoms with E-state index in [0.29, 0.717) is 25.7 Å². The molecule has 0 bridgehead atoms. The molecule has 1 aliphatic heterocycles. The molecule has 1 N–H and O–H groups in total. The topological polar surface area (TPSA) is 67.9 Å². The van der Waals surface area contributed by atoms with Crippen LogP contribution >= 0.6 is 12.4 Å². The summed E-state index contributed by atoms with van der Waals surface area (Å²) in [6, 6.07) is 3.86. The molecule has 9 heteroatoms. The van der Waals surface area contributed by atoms with Crippen LogP contribution in [0.15, 0.2) is 23.1 Å². The molecule has 2 rings (SSSR count). The molecule has 0 aromatic heterocycles. The van der Waals surface area contributed by atoms with E-state index >= 15 is 0 Å². The van der Waals surface area contributed by atoms with E-state index in [-0.39, 0.29) is 29.7 Å². The average molecular weight is 383 g/mol. The number of nitrogens with one attached hydrogen (secondary N) is 1. The fourth-order valence-corrected chi connectivity index (χ4v) is 4.17. The van der Waals surface area contributed by atoms with Crippen LogP contribution in [-0.2, 0) is 14.8 Å². The van der Waals surface area contributed by atoms with Crippen molar-refractivity contribution in [2.45, 2.75) is 23.8 Å². The maximum absolute atomic E-state index is 13.6. The molecule has 0 aliphatic carbocycles. The minimum Gasteiger partial charge on any atom is -0.490 e. The largest absolute Gasteiger partial charge is 0.490 e. The number of benzene rings is 1. The summed E-state index contributed by atoms with van der Waals surface area (Å²) < 4.78 is 50.9. The smallest absolute Gasteiger partial charge is 0.246 e. The third-order valence-electron chi connectivity index (χ3n) is 3.93. The van der Waals surface area contributed by atoms with Gasteiger partial charge in [0.15, 0.2) is 0 Å². The van der Waals surface area contributed by atoms with Gasteiger partial charge in [0.1, 0.15) is 23.1 Å². The van der Waals surface area contributed by atoms with Gasteiger partial charge in [0.2, 0.25) is 10.0 Å². The van der Waals surface area contributed by atoms with Crippen molar-refractivity contribution in [3.8, 4) is 5.75 Å². The predicted octanol–water partition coefficient (Wildman–Crippen LogP) is 1.65. The third kappa shape index (κ3) is 5.03. The lowest BCUT2D eigenvalue weighted by atomic mass is 10.1. The minimum atomic E-state index is -3.78. The Kier molecular flexibility index (Phi) is 8.38. The molecule has 0 amide bonds. The standard InChI is InChI=1S/C15H23FN2O4S.ClH/c1-17-13-5-7-18(8-6-13)23(19,20)15-11-12(16)3-4-14(15)22-10-9-21-2;/h3-4,11,13,17H,5-10H2,1-2H3;1H. The summed E-state index contributed by atoms with van der Waals surface area (Å²) in [7, 11) is -0.395. The number of sulfonamides is 1. The van der Waals surface area contributed by atoms with Gasteiger partial charge in [-0.15, -0.1) is 12.4 Å². The number of methoxy groups -OCH3 is 1. The fraction of sp³-hybridized carbons (Fsp3) is 0.600. The average Bonchev–Trinajstić information content (AvgIpc) is 2.56. The summed E-state index contributed by atoms with van der Waals surface area (Å²) in [6.07, 6.45) is 1.45. The van der Waals surface area contributed by atoms with Gasteiger partial charge in [0, 0.05) is 26.2 Å². The second-order valence-electron chi connectivity index (χ2n) is 5.40. The first-order valence-electron chi connectivity index (χ1n) is 7.57. The Bertz CT molecular complexity index is 622. The Morgan fingerprint density at radius 1 is 1.29 bits per heavy atom. The van der Waals surface area contributed by atoms with Crippen LogP contribution in [0, 0.1) is 5.82 Å². The molecule has 0 spiro atoms. The molecule has 1 heterocycles. The quantitative estimate of drug-likeness (QED) is 0.726. The van der Waals surface area contributed by atoms with Crippen molar-refractivity contribution in [1.82, 2.24) is 9.62 Å². The van der Waals surface area contributed by atoms with Gasteiger partial charge in [-0.2, -0.15) is 4.31 Å². The lowest BCUT2D eigenvalue weighted by molar-refractivity contribution is 0.144. The Labute approximate surface area is 148 Å². The lowest BCUT2D eigenvalue weighted by Gasteiger charge is -2.31. The molecule has 0 unspecified atom stereocenters. The highest BCUT2D eigenvalue weighted by atomic mass is 35.5. The van der Waals surface area contributed by atoms with E-state index in [1.807, 2.05) is 7.05 Å². The van der Waals surface area contributed by atoms with Gasteiger partial charge in [-0.1, -0.05) is 0 Å². The Morgan fingerprint density at radius 3 is 2.54 bits per heavy atom. The van der Waals surface area contributed by atoms with Gasteiger partial charge in [-0.05, 0) is 38.1 Å². The highest BCUT2D eigenvalue weighted by molar-refractivity contribution is 7.89. The number of halogens is 2. The predicted molar refractivity (Wildman–Crippen MR) is 91.9 cm³/mol. The molecule has 24 heavy (non-hydrogen) atoms. The lowest BCUT2D eigenvalue weighted by Crippen LogP contribution is -2.43. The number of rotatable bonds is 7. The van der Waals surface area contributed by atoms with Crippen LogP contribution in [0.2, 0.25) is 0 Å². The summed E-state index contributed by atoms with van der Waals surface area (Å²) >= 11 is 0. The van der Waals surface area contributed by atoms with Crippen LogP contribution in [0.25, 0.3) is 0 Å². The van der Waals surface area contributed by atoms with Crippen molar-refractivity contribution in [3.05, 3.63) is 24.0 Å². The van der Waals surface area contributed by atoms with E-state index in [1.54, 1.807) is 0 Å². The van der Waals surface area contributed by atoms with Crippen LogP contribution in [0.5, 0.6) is 5.75 Å². The summed E-state index contributed by atoms with van der Waals surface area (Å²) in [5.41, 5.74) is 0. The Balaban J connectivity index is 0.00000288. The van der Waals surface area contributed by atoms with E-state index in [2.05, 4.69) is 5.32 Å². The van der Waals surface area contributed by atoms with Gasteiger partial charge < -0.3 is 14.8 Å². The van der Waals surface area contributed by atoms with Gasteiger partial charge >= 0.3 is 0 Å². The van der Waals surface area contributed by atoms with E-state index < -0.39 is 15.8 Å². The van der Waals surface area contributed by atoms with Crippen LogP contribution in [0.4, 0.5) is 4.39 Å². The maximum atomic E-state index is 13.6. The first kappa shape index (κ1) is 21.1. The van der Waals surface area contributed by atoms with E-state index in [4.69, 9.17) is 9.47 Å². The molecule has 0 atom stereocenters. The van der Waals surface area contributed by atoms with Crippen LogP contribution < -0.4 is 10.1 Å². The monoisotopic (exact) mass is 382 g/mol. The molecule has 1 saturated heterocycles. The molecular formula is C15H24ClFN2O4S. The number of piperidine rings is 1. The minimum absolute atomic E-state index is 0. The van der Waals surface area contributed by atoms with Crippen molar-refractivity contribution in [2.75, 3.05) is 40.5 Å². The van der Waals surface area contributed by atoms with Crippen LogP contribution in [0.3, 0.4) is 0 Å². The van der Waals surface area contributed by atoms with Gasteiger partial charge in [-0.25, -0.2) is 12.8 Å². The zero-order chi connectivity index (χ0) is 16.9. The summed E-state index contributed by atoms with van der Waals surface area (Å²) in [4.78, 5) is -0.128. The van der Waals surface area contributed by atoms with Gasteiger partial charge in [0.25, 0.3) is 0 Å². The third-order valence-corrected chi connectivity index (χ3v) is 5.85. The molecule has 1 aliphatic rings. The molecule has 138 valence electrons. The molecule has 6 nitrogen and oxygen atoms in total. The van der Waals surface area contributed by atoms with Crippen molar-refractivity contribution >= 4 is 22.4 Å². The molecule has 0 radical (unpaired) electrons. The van der Waals surface area contributed by atoms with Crippen molar-refractivity contribution < 1.29 is 22.3 Å². The van der Waals surface area contributed by atoms with Crippen molar-refractivity contribution in [1.29, 1.82) is 0 Å². The van der Waals surface area contributed by atoms with E-state index in [1.165, 1.54) is 23.5 Å². The molecule has 1 fully saturated rings. The normalized spacial score (nSPS) is 16.6. The molecule has 1 aromatic rings. The van der Waals surface area contributed by atoms with Crippen LogP contribution in [-0.4, -0.2) is 59.2 Å².